The first-order valence-electron chi connectivity index (χ1n) is 13.2. The molecule has 0 unspecified atom stereocenters. The van der Waals surface area contributed by atoms with Crippen LogP contribution in [0.5, 0.6) is 0 Å². The summed E-state index contributed by atoms with van der Waals surface area (Å²) in [4.78, 5) is 0. The average Bonchev–Trinajstić information content (AvgIpc) is 3.06. The molecule has 0 aromatic rings. The molecule has 0 saturated heterocycles. The van der Waals surface area contributed by atoms with Crippen LogP contribution in [-0.4, -0.2) is 11.2 Å². The van der Waals surface area contributed by atoms with Gasteiger partial charge in [-0.1, -0.05) is 51.5 Å². The van der Waals surface area contributed by atoms with Crippen LogP contribution in [0.25, 0.3) is 0 Å². The Morgan fingerprint density at radius 1 is 1.13 bits per heavy atom. The van der Waals surface area contributed by atoms with E-state index in [0.717, 1.165) is 48.3 Å². The predicted molar refractivity (Wildman–Crippen MR) is 128 cm³/mol. The molecule has 4 aliphatic carbocycles. The predicted octanol–water partition coefficient (Wildman–Crippen LogP) is 7.94. The lowest BCUT2D eigenvalue weighted by Crippen LogP contribution is -2.50. The van der Waals surface area contributed by atoms with Gasteiger partial charge >= 0.3 is 0 Å². The fourth-order valence-corrected chi connectivity index (χ4v) is 9.08. The van der Waals surface area contributed by atoms with Crippen LogP contribution in [0.3, 0.4) is 0 Å². The molecule has 30 heavy (non-hydrogen) atoms. The van der Waals surface area contributed by atoms with E-state index in [1.165, 1.54) is 63.4 Å². The third kappa shape index (κ3) is 3.66. The Morgan fingerprint density at radius 3 is 2.60 bits per heavy atom. The molecule has 0 aromatic heterocycles. The van der Waals surface area contributed by atoms with E-state index in [-0.39, 0.29) is 6.10 Å². The van der Waals surface area contributed by atoms with Crippen LogP contribution >= 0.6 is 0 Å². The number of hydrogen-bond donors (Lipinski definition) is 1. The van der Waals surface area contributed by atoms with E-state index in [4.69, 9.17) is 0 Å². The molecule has 0 radical (unpaired) electrons. The van der Waals surface area contributed by atoms with Crippen LogP contribution in [0.4, 0.5) is 0 Å². The van der Waals surface area contributed by atoms with Gasteiger partial charge in [0.05, 0.1) is 6.10 Å². The summed E-state index contributed by atoms with van der Waals surface area (Å²) >= 11 is 0. The zero-order chi connectivity index (χ0) is 21.7. The van der Waals surface area contributed by atoms with E-state index in [2.05, 4.69) is 47.3 Å². The van der Waals surface area contributed by atoms with Gasteiger partial charge in [0.1, 0.15) is 0 Å². The highest BCUT2D eigenvalue weighted by Gasteiger charge is 2.59. The lowest BCUT2D eigenvalue weighted by Gasteiger charge is -2.58. The van der Waals surface area contributed by atoms with Gasteiger partial charge in [0.2, 0.25) is 0 Å². The van der Waals surface area contributed by atoms with Crippen molar-refractivity contribution in [1.29, 1.82) is 0 Å². The van der Waals surface area contributed by atoms with Crippen molar-refractivity contribution in [3.63, 3.8) is 0 Å². The smallest absolute Gasteiger partial charge is 0.0577 e. The van der Waals surface area contributed by atoms with E-state index in [0.29, 0.717) is 10.8 Å². The molecule has 4 aliphatic rings. The molecule has 1 N–H and O–H groups in total. The van der Waals surface area contributed by atoms with Gasteiger partial charge in [0, 0.05) is 0 Å². The molecule has 4 rings (SSSR count). The largest absolute Gasteiger partial charge is 0.393 e. The summed E-state index contributed by atoms with van der Waals surface area (Å²) in [6.45, 7) is 16.6. The van der Waals surface area contributed by atoms with Crippen molar-refractivity contribution in [1.82, 2.24) is 0 Å². The topological polar surface area (TPSA) is 20.2 Å². The minimum absolute atomic E-state index is 0.0856. The SMILES string of the molecule is C=C(C)[C@@H](CC)CC[C@@H](C)[C@H]1CC[C@H]2[C@@H]3CC=C4C[C@@H](O)CC[C@]4(C)[C@H]3CC[C@]12C. The average molecular weight is 413 g/mol. The summed E-state index contributed by atoms with van der Waals surface area (Å²) < 4.78 is 0. The zero-order valence-electron chi connectivity index (χ0n) is 20.6. The molecule has 0 aromatic carbocycles. The maximum atomic E-state index is 10.2. The molecule has 0 bridgehead atoms. The third-order valence-electron chi connectivity index (χ3n) is 11.0. The standard InChI is InChI=1S/C29H48O/c1-7-21(19(2)3)9-8-20(4)25-12-13-26-24-11-10-22-18-23(30)14-16-28(22,5)27(24)15-17-29(25,26)6/h10,20-21,23-27,30H,2,7-9,11-18H2,1,3-6H3/t20-,21+,23+,24+,25-,26+,27+,28+,29-/m1/s1. The fraction of sp³-hybridized carbons (Fsp3) is 0.862. The molecule has 0 heterocycles. The summed E-state index contributed by atoms with van der Waals surface area (Å²) in [6.07, 6.45) is 16.7. The Labute approximate surface area is 186 Å². The summed E-state index contributed by atoms with van der Waals surface area (Å²) in [6, 6.07) is 0. The quantitative estimate of drug-likeness (QED) is 0.439. The molecular weight excluding hydrogens is 364 g/mol. The molecule has 3 saturated carbocycles. The van der Waals surface area contributed by atoms with Crippen molar-refractivity contribution in [3.05, 3.63) is 23.8 Å². The molecular formula is C29H48O. The maximum Gasteiger partial charge on any atom is 0.0577 e. The summed E-state index contributed by atoms with van der Waals surface area (Å²) in [5, 5.41) is 10.2. The van der Waals surface area contributed by atoms with Gasteiger partial charge < -0.3 is 5.11 Å². The van der Waals surface area contributed by atoms with Crippen molar-refractivity contribution in [2.24, 2.45) is 46.3 Å². The Kier molecular flexibility index (Phi) is 6.35. The fourth-order valence-electron chi connectivity index (χ4n) is 9.08. The molecule has 0 aliphatic heterocycles. The Balaban J connectivity index is 1.48. The van der Waals surface area contributed by atoms with Gasteiger partial charge in [-0.15, -0.1) is 0 Å². The van der Waals surface area contributed by atoms with Gasteiger partial charge in [0.15, 0.2) is 0 Å². The Morgan fingerprint density at radius 2 is 1.90 bits per heavy atom. The van der Waals surface area contributed by atoms with Crippen molar-refractivity contribution in [2.75, 3.05) is 0 Å². The third-order valence-corrected chi connectivity index (χ3v) is 11.0. The second-order valence-corrected chi connectivity index (χ2v) is 12.4. The Hall–Kier alpha value is -0.560. The number of rotatable bonds is 6. The minimum atomic E-state index is -0.0856. The van der Waals surface area contributed by atoms with Gasteiger partial charge in [-0.2, -0.15) is 0 Å². The summed E-state index contributed by atoms with van der Waals surface area (Å²) in [5.74, 6) is 5.16. The number of allylic oxidation sites excluding steroid dienone is 2. The van der Waals surface area contributed by atoms with E-state index in [1.807, 2.05) is 0 Å². The molecule has 1 heteroatoms. The van der Waals surface area contributed by atoms with E-state index < -0.39 is 0 Å². The van der Waals surface area contributed by atoms with Gasteiger partial charge in [-0.3, -0.25) is 0 Å². The zero-order valence-corrected chi connectivity index (χ0v) is 20.6. The van der Waals surface area contributed by atoms with Crippen molar-refractivity contribution in [2.45, 2.75) is 111 Å². The van der Waals surface area contributed by atoms with Crippen LogP contribution < -0.4 is 0 Å². The normalized spacial score (nSPS) is 45.0. The van der Waals surface area contributed by atoms with Gasteiger partial charge in [-0.05, 0) is 124 Å². The van der Waals surface area contributed by atoms with E-state index in [1.54, 1.807) is 5.57 Å². The van der Waals surface area contributed by atoms with Crippen LogP contribution in [0.1, 0.15) is 105 Å². The molecule has 3 fully saturated rings. The van der Waals surface area contributed by atoms with Crippen LogP contribution in [0.15, 0.2) is 23.8 Å². The van der Waals surface area contributed by atoms with E-state index >= 15 is 0 Å². The number of hydrogen-bond acceptors (Lipinski definition) is 1. The molecule has 170 valence electrons. The lowest BCUT2D eigenvalue weighted by atomic mass is 9.47. The molecule has 1 nitrogen and oxygen atoms in total. The summed E-state index contributed by atoms with van der Waals surface area (Å²) in [7, 11) is 0. The summed E-state index contributed by atoms with van der Waals surface area (Å²) in [5.41, 5.74) is 3.93. The monoisotopic (exact) mass is 412 g/mol. The minimum Gasteiger partial charge on any atom is -0.393 e. The lowest BCUT2D eigenvalue weighted by molar-refractivity contribution is -0.0574. The molecule has 9 atom stereocenters. The highest BCUT2D eigenvalue weighted by Crippen LogP contribution is 2.67. The Bertz CT molecular complexity index is 676. The van der Waals surface area contributed by atoms with Crippen LogP contribution in [-0.2, 0) is 0 Å². The van der Waals surface area contributed by atoms with E-state index in [9.17, 15) is 5.11 Å². The van der Waals surface area contributed by atoms with Crippen LogP contribution in [0, 0.1) is 46.3 Å². The molecule has 0 amide bonds. The van der Waals surface area contributed by atoms with Crippen molar-refractivity contribution < 1.29 is 5.11 Å². The van der Waals surface area contributed by atoms with Gasteiger partial charge in [0.25, 0.3) is 0 Å². The maximum absolute atomic E-state index is 10.2. The number of aliphatic hydroxyl groups excluding tert-OH is 1. The highest BCUT2D eigenvalue weighted by atomic mass is 16.3. The van der Waals surface area contributed by atoms with Gasteiger partial charge in [-0.25, -0.2) is 0 Å². The first-order valence-corrected chi connectivity index (χ1v) is 13.2. The number of fused-ring (bicyclic) bond motifs is 5. The number of aliphatic hydroxyl groups is 1. The highest BCUT2D eigenvalue weighted by molar-refractivity contribution is 5.25. The molecule has 0 spiro atoms. The van der Waals surface area contributed by atoms with Crippen molar-refractivity contribution in [3.8, 4) is 0 Å². The first-order chi connectivity index (χ1) is 14.2. The second kappa shape index (κ2) is 8.42. The van der Waals surface area contributed by atoms with Crippen LogP contribution in [0.2, 0.25) is 0 Å². The second-order valence-electron chi connectivity index (χ2n) is 12.4. The van der Waals surface area contributed by atoms with Crippen molar-refractivity contribution >= 4 is 0 Å². The first kappa shape index (κ1) is 22.6.